The van der Waals surface area contributed by atoms with Crippen LogP contribution in [0.15, 0.2) is 77.7 Å². The number of amides is 1. The summed E-state index contributed by atoms with van der Waals surface area (Å²) in [6.45, 7) is 1.92. The third-order valence-corrected chi connectivity index (χ3v) is 4.55. The Balaban J connectivity index is 1.69. The van der Waals surface area contributed by atoms with Gasteiger partial charge in [0.25, 0.3) is 0 Å². The number of rotatable bonds is 4. The average molecular weight is 307 g/mol. The molecule has 110 valence electrons. The van der Waals surface area contributed by atoms with E-state index in [1.807, 2.05) is 73.7 Å². The number of hydrogen-bond acceptors (Lipinski definition) is 2. The van der Waals surface area contributed by atoms with Crippen LogP contribution >= 0.6 is 11.8 Å². The highest BCUT2D eigenvalue weighted by Gasteiger charge is 2.14. The van der Waals surface area contributed by atoms with Crippen LogP contribution in [0.2, 0.25) is 0 Å². The van der Waals surface area contributed by atoms with Gasteiger partial charge in [-0.3, -0.25) is 4.79 Å². The lowest BCUT2D eigenvalue weighted by molar-refractivity contribution is -0.115. The van der Waals surface area contributed by atoms with Crippen LogP contribution in [0.3, 0.4) is 0 Å². The summed E-state index contributed by atoms with van der Waals surface area (Å²) in [6, 6.07) is 24.1. The van der Waals surface area contributed by atoms with Gasteiger partial charge in [0.15, 0.2) is 0 Å². The van der Waals surface area contributed by atoms with Gasteiger partial charge in [0, 0.05) is 10.6 Å². The molecule has 0 aliphatic heterocycles. The van der Waals surface area contributed by atoms with Crippen LogP contribution in [0.1, 0.15) is 6.92 Å². The van der Waals surface area contributed by atoms with Gasteiger partial charge in [-0.15, -0.1) is 11.8 Å². The summed E-state index contributed by atoms with van der Waals surface area (Å²) in [5.74, 6) is 0.0177. The van der Waals surface area contributed by atoms with E-state index in [1.165, 1.54) is 5.39 Å². The minimum Gasteiger partial charge on any atom is -0.325 e. The van der Waals surface area contributed by atoms with Crippen molar-refractivity contribution in [1.82, 2.24) is 0 Å². The molecule has 0 spiro atoms. The van der Waals surface area contributed by atoms with Gasteiger partial charge in [-0.25, -0.2) is 0 Å². The van der Waals surface area contributed by atoms with Crippen molar-refractivity contribution in [2.75, 3.05) is 5.32 Å². The van der Waals surface area contributed by atoms with Crippen LogP contribution < -0.4 is 5.32 Å². The van der Waals surface area contributed by atoms with Crippen molar-refractivity contribution in [3.05, 3.63) is 72.8 Å². The molecule has 0 fully saturated rings. The van der Waals surface area contributed by atoms with Gasteiger partial charge in [0.1, 0.15) is 0 Å². The van der Waals surface area contributed by atoms with E-state index in [0.717, 1.165) is 16.0 Å². The number of nitrogens with one attached hydrogen (secondary N) is 1. The molecule has 0 saturated heterocycles. The summed E-state index contributed by atoms with van der Waals surface area (Å²) >= 11 is 1.56. The highest BCUT2D eigenvalue weighted by Crippen LogP contribution is 2.24. The number of carbonyl (C=O) groups is 1. The van der Waals surface area contributed by atoms with Crippen molar-refractivity contribution >= 4 is 34.1 Å². The van der Waals surface area contributed by atoms with Crippen molar-refractivity contribution in [1.29, 1.82) is 0 Å². The molecule has 3 aromatic rings. The molecule has 3 aromatic carbocycles. The zero-order chi connectivity index (χ0) is 15.4. The Labute approximate surface area is 134 Å². The monoisotopic (exact) mass is 307 g/mol. The molecular weight excluding hydrogens is 290 g/mol. The number of thioether (sulfide) groups is 1. The van der Waals surface area contributed by atoms with E-state index in [-0.39, 0.29) is 11.2 Å². The average Bonchev–Trinajstić information content (AvgIpc) is 2.55. The van der Waals surface area contributed by atoms with E-state index >= 15 is 0 Å². The van der Waals surface area contributed by atoms with Crippen LogP contribution in [0, 0.1) is 0 Å². The number of carbonyl (C=O) groups excluding carboxylic acids is 1. The quantitative estimate of drug-likeness (QED) is 0.690. The second-order valence-corrected chi connectivity index (χ2v) is 6.54. The standard InChI is InChI=1S/C19H17NOS/c1-14(22-18-9-3-2-4-10-18)19(21)20-17-12-11-15-7-5-6-8-16(15)13-17/h2-14H,1H3,(H,20,21). The fourth-order valence-corrected chi connectivity index (χ4v) is 3.16. The first-order valence-electron chi connectivity index (χ1n) is 7.24. The van der Waals surface area contributed by atoms with Crippen LogP contribution in [0.4, 0.5) is 5.69 Å². The molecule has 0 heterocycles. The minimum atomic E-state index is -0.145. The van der Waals surface area contributed by atoms with E-state index in [2.05, 4.69) is 11.4 Å². The summed E-state index contributed by atoms with van der Waals surface area (Å²) in [5, 5.41) is 5.15. The summed E-state index contributed by atoms with van der Waals surface area (Å²) in [4.78, 5) is 13.4. The Morgan fingerprint density at radius 1 is 0.909 bits per heavy atom. The molecule has 0 radical (unpaired) electrons. The van der Waals surface area contributed by atoms with Crippen molar-refractivity contribution < 1.29 is 4.79 Å². The topological polar surface area (TPSA) is 29.1 Å². The van der Waals surface area contributed by atoms with Crippen molar-refractivity contribution in [3.8, 4) is 0 Å². The Morgan fingerprint density at radius 2 is 1.59 bits per heavy atom. The molecule has 0 saturated carbocycles. The van der Waals surface area contributed by atoms with Gasteiger partial charge in [-0.2, -0.15) is 0 Å². The Morgan fingerprint density at radius 3 is 2.36 bits per heavy atom. The normalized spacial score (nSPS) is 12.0. The lowest BCUT2D eigenvalue weighted by Gasteiger charge is -2.12. The van der Waals surface area contributed by atoms with Gasteiger partial charge in [-0.05, 0) is 42.0 Å². The predicted octanol–water partition coefficient (Wildman–Crippen LogP) is 4.96. The van der Waals surface area contributed by atoms with Gasteiger partial charge >= 0.3 is 0 Å². The molecule has 1 atom stereocenters. The highest BCUT2D eigenvalue weighted by atomic mass is 32.2. The van der Waals surface area contributed by atoms with Crippen LogP contribution in [0.25, 0.3) is 10.8 Å². The maximum Gasteiger partial charge on any atom is 0.237 e. The zero-order valence-electron chi connectivity index (χ0n) is 12.3. The molecule has 0 aliphatic rings. The summed E-state index contributed by atoms with van der Waals surface area (Å²) in [5.41, 5.74) is 0.837. The molecule has 0 bridgehead atoms. The van der Waals surface area contributed by atoms with E-state index < -0.39 is 0 Å². The Kier molecular flexibility index (Phi) is 4.45. The zero-order valence-corrected chi connectivity index (χ0v) is 13.1. The fraction of sp³-hybridized carbons (Fsp3) is 0.105. The summed E-state index contributed by atoms with van der Waals surface area (Å²) in [7, 11) is 0. The van der Waals surface area contributed by atoms with E-state index in [9.17, 15) is 4.79 Å². The molecular formula is C19H17NOS. The SMILES string of the molecule is CC(Sc1ccccc1)C(=O)Nc1ccc2ccccc2c1. The van der Waals surface area contributed by atoms with Gasteiger partial charge in [0.05, 0.1) is 5.25 Å². The molecule has 1 amide bonds. The van der Waals surface area contributed by atoms with Crippen molar-refractivity contribution in [3.63, 3.8) is 0 Å². The van der Waals surface area contributed by atoms with Gasteiger partial charge in [-0.1, -0.05) is 48.5 Å². The van der Waals surface area contributed by atoms with E-state index in [1.54, 1.807) is 11.8 Å². The first-order valence-corrected chi connectivity index (χ1v) is 8.12. The maximum atomic E-state index is 12.3. The third kappa shape index (κ3) is 3.49. The third-order valence-electron chi connectivity index (χ3n) is 3.44. The largest absolute Gasteiger partial charge is 0.325 e. The molecule has 3 heteroatoms. The van der Waals surface area contributed by atoms with Gasteiger partial charge < -0.3 is 5.32 Å². The number of anilines is 1. The van der Waals surface area contributed by atoms with Crippen molar-refractivity contribution in [2.24, 2.45) is 0 Å². The Bertz CT molecular complexity index is 786. The number of hydrogen-bond donors (Lipinski definition) is 1. The van der Waals surface area contributed by atoms with E-state index in [0.29, 0.717) is 0 Å². The molecule has 0 aliphatic carbocycles. The van der Waals surface area contributed by atoms with Crippen molar-refractivity contribution in [2.45, 2.75) is 17.1 Å². The molecule has 2 nitrogen and oxygen atoms in total. The van der Waals surface area contributed by atoms with Crippen LogP contribution in [-0.2, 0) is 4.79 Å². The minimum absolute atomic E-state index is 0.0177. The summed E-state index contributed by atoms with van der Waals surface area (Å²) < 4.78 is 0. The van der Waals surface area contributed by atoms with Crippen LogP contribution in [0.5, 0.6) is 0 Å². The van der Waals surface area contributed by atoms with Gasteiger partial charge in [0.2, 0.25) is 5.91 Å². The molecule has 1 unspecified atom stereocenters. The highest BCUT2D eigenvalue weighted by molar-refractivity contribution is 8.00. The second-order valence-electron chi connectivity index (χ2n) is 5.12. The number of benzene rings is 3. The lowest BCUT2D eigenvalue weighted by Crippen LogP contribution is -2.22. The molecule has 1 N–H and O–H groups in total. The van der Waals surface area contributed by atoms with E-state index in [4.69, 9.17) is 0 Å². The lowest BCUT2D eigenvalue weighted by atomic mass is 10.1. The predicted molar refractivity (Wildman–Crippen MR) is 94.3 cm³/mol. The first kappa shape index (κ1) is 14.7. The number of fused-ring (bicyclic) bond motifs is 1. The maximum absolute atomic E-state index is 12.3. The molecule has 0 aromatic heterocycles. The Hall–Kier alpha value is -2.26. The fourth-order valence-electron chi connectivity index (χ4n) is 2.27. The van der Waals surface area contributed by atoms with Crippen LogP contribution in [-0.4, -0.2) is 11.2 Å². The molecule has 3 rings (SSSR count). The smallest absolute Gasteiger partial charge is 0.237 e. The first-order chi connectivity index (χ1) is 10.7. The molecule has 22 heavy (non-hydrogen) atoms. The second kappa shape index (κ2) is 6.67. The summed E-state index contributed by atoms with van der Waals surface area (Å²) in [6.07, 6.45) is 0.